The van der Waals surface area contributed by atoms with Gasteiger partial charge < -0.3 is 20.1 Å². The smallest absolute Gasteiger partial charge is 0.243 e. The Bertz CT molecular complexity index is 781. The van der Waals surface area contributed by atoms with Crippen molar-refractivity contribution in [3.63, 3.8) is 0 Å². The van der Waals surface area contributed by atoms with Gasteiger partial charge in [-0.25, -0.2) is 0 Å². The maximum atomic E-state index is 12.1. The first-order chi connectivity index (χ1) is 11.5. The minimum absolute atomic E-state index is 0.0875. The number of halogens is 2. The topological polar surface area (TPSA) is 59.6 Å². The zero-order valence-corrected chi connectivity index (χ0v) is 14.5. The molecule has 0 unspecified atom stereocenters. The largest absolute Gasteiger partial charge is 0.486 e. The lowest BCUT2D eigenvalue weighted by molar-refractivity contribution is -0.114. The molecule has 7 heteroatoms. The fraction of sp³-hybridized carbons (Fsp3) is 0.235. The molecule has 24 heavy (non-hydrogen) atoms. The van der Waals surface area contributed by atoms with Crippen LogP contribution in [-0.4, -0.2) is 25.7 Å². The molecule has 0 spiro atoms. The number of carbonyl (C=O) groups is 1. The third-order valence-corrected chi connectivity index (χ3v) is 4.25. The minimum atomic E-state index is -0.231. The van der Waals surface area contributed by atoms with Gasteiger partial charge in [-0.2, -0.15) is 0 Å². The summed E-state index contributed by atoms with van der Waals surface area (Å²) >= 11 is 12.2. The Hall–Kier alpha value is -2.11. The van der Waals surface area contributed by atoms with E-state index in [9.17, 15) is 4.79 Å². The number of anilines is 2. The summed E-state index contributed by atoms with van der Waals surface area (Å²) in [5, 5.41) is 6.82. The maximum Gasteiger partial charge on any atom is 0.243 e. The lowest BCUT2D eigenvalue weighted by Gasteiger charge is -2.20. The number of ether oxygens (including phenoxy) is 2. The molecule has 0 saturated carbocycles. The van der Waals surface area contributed by atoms with Gasteiger partial charge in [0, 0.05) is 22.8 Å². The van der Waals surface area contributed by atoms with Crippen LogP contribution in [0.5, 0.6) is 11.5 Å². The highest BCUT2D eigenvalue weighted by molar-refractivity contribution is 6.34. The predicted octanol–water partition coefficient (Wildman–Crippen LogP) is 4.12. The number of amides is 1. The molecule has 2 N–H and O–H groups in total. The van der Waals surface area contributed by atoms with Crippen LogP contribution in [0.15, 0.2) is 30.3 Å². The molecule has 1 heterocycles. The van der Waals surface area contributed by atoms with Gasteiger partial charge in [0.05, 0.1) is 17.3 Å². The third-order valence-electron chi connectivity index (χ3n) is 3.53. The van der Waals surface area contributed by atoms with E-state index in [1.54, 1.807) is 18.2 Å². The van der Waals surface area contributed by atoms with Crippen molar-refractivity contribution >= 4 is 40.5 Å². The molecule has 1 aliphatic heterocycles. The van der Waals surface area contributed by atoms with E-state index in [4.69, 9.17) is 32.7 Å². The van der Waals surface area contributed by atoms with Crippen LogP contribution in [0.1, 0.15) is 5.56 Å². The van der Waals surface area contributed by atoms with Crippen LogP contribution >= 0.6 is 23.2 Å². The van der Waals surface area contributed by atoms with Gasteiger partial charge in [0.25, 0.3) is 0 Å². The van der Waals surface area contributed by atoms with Gasteiger partial charge in [-0.05, 0) is 24.6 Å². The van der Waals surface area contributed by atoms with E-state index in [1.807, 2.05) is 19.1 Å². The van der Waals surface area contributed by atoms with Crippen molar-refractivity contribution in [1.82, 2.24) is 0 Å². The average molecular weight is 367 g/mol. The fourth-order valence-corrected chi connectivity index (χ4v) is 2.62. The van der Waals surface area contributed by atoms with E-state index >= 15 is 0 Å². The summed E-state index contributed by atoms with van der Waals surface area (Å²) < 4.78 is 10.9. The number of nitrogens with one attached hydrogen (secondary N) is 2. The zero-order chi connectivity index (χ0) is 17.1. The molecule has 126 valence electrons. The Morgan fingerprint density at radius 2 is 1.79 bits per heavy atom. The molecule has 1 aliphatic rings. The molecule has 5 nitrogen and oxygen atoms in total. The summed E-state index contributed by atoms with van der Waals surface area (Å²) in [5.74, 6) is 0.918. The Kier molecular flexibility index (Phi) is 5.02. The van der Waals surface area contributed by atoms with Crippen molar-refractivity contribution in [2.24, 2.45) is 0 Å². The third kappa shape index (κ3) is 3.86. The highest BCUT2D eigenvalue weighted by atomic mass is 35.5. The second-order valence-electron chi connectivity index (χ2n) is 5.34. The highest BCUT2D eigenvalue weighted by Crippen LogP contribution is 2.37. The zero-order valence-electron chi connectivity index (χ0n) is 13.0. The van der Waals surface area contributed by atoms with Crippen LogP contribution in [0.3, 0.4) is 0 Å². The lowest BCUT2D eigenvalue weighted by atomic mass is 10.2. The molecule has 0 atom stereocenters. The summed E-state index contributed by atoms with van der Waals surface area (Å²) in [7, 11) is 0. The predicted molar refractivity (Wildman–Crippen MR) is 95.8 cm³/mol. The Morgan fingerprint density at radius 1 is 1.08 bits per heavy atom. The van der Waals surface area contributed by atoms with Crippen LogP contribution < -0.4 is 20.1 Å². The molecule has 0 radical (unpaired) electrons. The van der Waals surface area contributed by atoms with Crippen molar-refractivity contribution < 1.29 is 14.3 Å². The standard InChI is InChI=1S/C17H16Cl2N2O3/c1-10-2-3-11(6-12(10)18)20-9-17(22)21-14-8-16-15(7-13(14)19)23-4-5-24-16/h2-3,6-8,20H,4-5,9H2,1H3,(H,21,22). The van der Waals surface area contributed by atoms with Crippen molar-refractivity contribution in [2.45, 2.75) is 6.92 Å². The molecule has 0 saturated heterocycles. The molecule has 0 aromatic heterocycles. The number of hydrogen-bond acceptors (Lipinski definition) is 4. The fourth-order valence-electron chi connectivity index (χ4n) is 2.24. The lowest BCUT2D eigenvalue weighted by Crippen LogP contribution is -2.22. The molecule has 3 rings (SSSR count). The monoisotopic (exact) mass is 366 g/mol. The van der Waals surface area contributed by atoms with Gasteiger partial charge in [-0.3, -0.25) is 4.79 Å². The van der Waals surface area contributed by atoms with Crippen molar-refractivity contribution in [3.8, 4) is 11.5 Å². The quantitative estimate of drug-likeness (QED) is 0.854. The van der Waals surface area contributed by atoms with Gasteiger partial charge in [-0.15, -0.1) is 0 Å². The summed E-state index contributed by atoms with van der Waals surface area (Å²) in [5.41, 5.74) is 2.23. The molecule has 0 aliphatic carbocycles. The summed E-state index contributed by atoms with van der Waals surface area (Å²) in [6.07, 6.45) is 0. The van der Waals surface area contributed by atoms with Crippen LogP contribution in [0.2, 0.25) is 10.0 Å². The SMILES string of the molecule is Cc1ccc(NCC(=O)Nc2cc3c(cc2Cl)OCCO3)cc1Cl. The maximum absolute atomic E-state index is 12.1. The Balaban J connectivity index is 1.63. The first kappa shape index (κ1) is 16.7. The van der Waals surface area contributed by atoms with E-state index in [1.165, 1.54) is 0 Å². The van der Waals surface area contributed by atoms with Crippen molar-refractivity contribution in [1.29, 1.82) is 0 Å². The van der Waals surface area contributed by atoms with Gasteiger partial charge in [0.15, 0.2) is 11.5 Å². The van der Waals surface area contributed by atoms with E-state index in [0.717, 1.165) is 11.3 Å². The van der Waals surface area contributed by atoms with E-state index in [0.29, 0.717) is 40.4 Å². The number of benzene rings is 2. The Morgan fingerprint density at radius 3 is 2.50 bits per heavy atom. The van der Waals surface area contributed by atoms with E-state index < -0.39 is 0 Å². The summed E-state index contributed by atoms with van der Waals surface area (Å²) in [4.78, 5) is 12.1. The second kappa shape index (κ2) is 7.20. The first-order valence-electron chi connectivity index (χ1n) is 7.42. The van der Waals surface area contributed by atoms with E-state index in [-0.39, 0.29) is 12.5 Å². The molecule has 0 fully saturated rings. The number of hydrogen-bond donors (Lipinski definition) is 2. The minimum Gasteiger partial charge on any atom is -0.486 e. The molecular weight excluding hydrogens is 351 g/mol. The van der Waals surface area contributed by atoms with Crippen LogP contribution in [0.4, 0.5) is 11.4 Å². The first-order valence-corrected chi connectivity index (χ1v) is 8.17. The summed E-state index contributed by atoms with van der Waals surface area (Å²) in [6.45, 7) is 2.96. The second-order valence-corrected chi connectivity index (χ2v) is 6.16. The van der Waals surface area contributed by atoms with Crippen LogP contribution in [0, 0.1) is 6.92 Å². The van der Waals surface area contributed by atoms with Crippen molar-refractivity contribution in [2.75, 3.05) is 30.4 Å². The molecule has 0 bridgehead atoms. The number of carbonyl (C=O) groups excluding carboxylic acids is 1. The van der Waals surface area contributed by atoms with Crippen LogP contribution in [-0.2, 0) is 4.79 Å². The molecular formula is C17H16Cl2N2O3. The molecule has 2 aromatic carbocycles. The number of fused-ring (bicyclic) bond motifs is 1. The van der Waals surface area contributed by atoms with Crippen molar-refractivity contribution in [3.05, 3.63) is 45.9 Å². The number of rotatable bonds is 4. The molecule has 2 aromatic rings. The highest BCUT2D eigenvalue weighted by Gasteiger charge is 2.16. The Labute approximate surface area is 149 Å². The number of aryl methyl sites for hydroxylation is 1. The van der Waals surface area contributed by atoms with Gasteiger partial charge in [0.1, 0.15) is 13.2 Å². The van der Waals surface area contributed by atoms with Crippen LogP contribution in [0.25, 0.3) is 0 Å². The average Bonchev–Trinajstić information content (AvgIpc) is 2.56. The van der Waals surface area contributed by atoms with Gasteiger partial charge in [0.2, 0.25) is 5.91 Å². The van der Waals surface area contributed by atoms with E-state index in [2.05, 4.69) is 10.6 Å². The van der Waals surface area contributed by atoms with Gasteiger partial charge in [-0.1, -0.05) is 29.3 Å². The summed E-state index contributed by atoms with van der Waals surface area (Å²) in [6, 6.07) is 8.84. The normalized spacial score (nSPS) is 12.6. The molecule has 1 amide bonds. The van der Waals surface area contributed by atoms with Gasteiger partial charge >= 0.3 is 0 Å².